The molecule has 0 radical (unpaired) electrons. The second-order valence-corrected chi connectivity index (χ2v) is 5.91. The average Bonchev–Trinajstić information content (AvgIpc) is 2.58. The fourth-order valence-corrected chi connectivity index (χ4v) is 2.44. The van der Waals surface area contributed by atoms with Gasteiger partial charge in [-0.05, 0) is 61.9 Å². The van der Waals surface area contributed by atoms with Gasteiger partial charge < -0.3 is 10.1 Å². The molecule has 0 bridgehead atoms. The van der Waals surface area contributed by atoms with E-state index in [0.717, 1.165) is 17.0 Å². The summed E-state index contributed by atoms with van der Waals surface area (Å²) in [6.07, 6.45) is 0.176. The summed E-state index contributed by atoms with van der Waals surface area (Å²) < 4.78 is 18.5. The number of amides is 1. The number of aryl methyl sites for hydroxylation is 2. The molecule has 0 aliphatic heterocycles. The molecule has 0 spiro atoms. The highest BCUT2D eigenvalue weighted by Gasteiger charge is 2.06. The Balaban J connectivity index is 1.60. The second-order valence-electron chi connectivity index (χ2n) is 5.91. The molecule has 0 aliphatic rings. The van der Waals surface area contributed by atoms with Crippen molar-refractivity contribution in [2.45, 2.75) is 20.3 Å². The number of hydrogen-bond acceptors (Lipinski definition) is 4. The molecule has 6 heteroatoms. The summed E-state index contributed by atoms with van der Waals surface area (Å²) in [4.78, 5) is 20.5. The van der Waals surface area contributed by atoms with Gasteiger partial charge in [0.25, 0.3) is 0 Å². The summed E-state index contributed by atoms with van der Waals surface area (Å²) in [6.45, 7) is 3.75. The van der Waals surface area contributed by atoms with Gasteiger partial charge in [-0.3, -0.25) is 4.79 Å². The molecule has 1 N–H and O–H groups in total. The first-order chi connectivity index (χ1) is 12.5. The molecule has 5 nitrogen and oxygen atoms in total. The Hall–Kier alpha value is -3.28. The van der Waals surface area contributed by atoms with Crippen molar-refractivity contribution in [1.82, 2.24) is 9.97 Å². The number of carbonyl (C=O) groups excluding carboxylic acids is 1. The zero-order valence-electron chi connectivity index (χ0n) is 14.5. The van der Waals surface area contributed by atoms with E-state index >= 15 is 0 Å². The molecule has 0 aliphatic carbocycles. The summed E-state index contributed by atoms with van der Waals surface area (Å²) in [5, 5.41) is 2.79. The number of anilines is 1. The highest BCUT2D eigenvalue weighted by atomic mass is 19.1. The van der Waals surface area contributed by atoms with Crippen LogP contribution < -0.4 is 10.1 Å². The van der Waals surface area contributed by atoms with Gasteiger partial charge in [-0.15, -0.1) is 0 Å². The van der Waals surface area contributed by atoms with Crippen molar-refractivity contribution in [3.8, 4) is 11.8 Å². The van der Waals surface area contributed by atoms with Gasteiger partial charge in [-0.2, -0.15) is 0 Å². The van der Waals surface area contributed by atoms with E-state index < -0.39 is 0 Å². The number of carbonyl (C=O) groups is 1. The molecule has 2 aromatic carbocycles. The highest BCUT2D eigenvalue weighted by molar-refractivity contribution is 5.92. The molecule has 26 heavy (non-hydrogen) atoms. The topological polar surface area (TPSA) is 64.1 Å². The molecule has 0 unspecified atom stereocenters. The lowest BCUT2D eigenvalue weighted by atomic mass is 10.1. The number of hydrogen-bond donors (Lipinski definition) is 1. The quantitative estimate of drug-likeness (QED) is 0.748. The van der Waals surface area contributed by atoms with Gasteiger partial charge >= 0.3 is 6.01 Å². The minimum atomic E-state index is -0.322. The van der Waals surface area contributed by atoms with Crippen LogP contribution in [0.2, 0.25) is 0 Å². The van der Waals surface area contributed by atoms with Gasteiger partial charge in [0.2, 0.25) is 5.91 Å². The molecule has 1 amide bonds. The predicted octanol–water partition coefficient (Wildman–Crippen LogP) is 4.21. The van der Waals surface area contributed by atoms with Crippen LogP contribution in [0.15, 0.2) is 54.6 Å². The van der Waals surface area contributed by atoms with E-state index in [2.05, 4.69) is 15.3 Å². The molecule has 0 fully saturated rings. The molecule has 0 saturated carbocycles. The van der Waals surface area contributed by atoms with Crippen molar-refractivity contribution in [3.05, 3.63) is 77.4 Å². The second kappa shape index (κ2) is 7.74. The van der Waals surface area contributed by atoms with Crippen LogP contribution in [-0.4, -0.2) is 15.9 Å². The van der Waals surface area contributed by atoms with Crippen LogP contribution in [0.3, 0.4) is 0 Å². The largest absolute Gasteiger partial charge is 0.424 e. The first kappa shape index (κ1) is 17.5. The van der Waals surface area contributed by atoms with Crippen LogP contribution in [0.4, 0.5) is 10.1 Å². The molecule has 1 aromatic heterocycles. The number of ether oxygens (including phenoxy) is 1. The normalized spacial score (nSPS) is 10.4. The number of nitrogens with one attached hydrogen (secondary N) is 1. The third-order valence-electron chi connectivity index (χ3n) is 3.59. The van der Waals surface area contributed by atoms with Crippen LogP contribution in [0.1, 0.15) is 17.0 Å². The zero-order chi connectivity index (χ0) is 18.5. The van der Waals surface area contributed by atoms with Crippen LogP contribution in [0.5, 0.6) is 11.8 Å². The molecule has 0 saturated heterocycles. The molecular formula is C20H18FN3O2. The minimum Gasteiger partial charge on any atom is -0.424 e. The number of nitrogens with zero attached hydrogens (tertiary/aromatic N) is 2. The summed E-state index contributed by atoms with van der Waals surface area (Å²) >= 11 is 0. The fourth-order valence-electron chi connectivity index (χ4n) is 2.44. The standard InChI is InChI=1S/C20H18FN3O2/c1-13-11-14(2)23-20(22-13)26-18-9-7-17(8-10-18)24-19(25)12-15-3-5-16(21)6-4-15/h3-11H,12H2,1-2H3,(H,24,25). The van der Waals surface area contributed by atoms with E-state index in [4.69, 9.17) is 4.74 Å². The van der Waals surface area contributed by atoms with Gasteiger partial charge in [-0.25, -0.2) is 14.4 Å². The zero-order valence-corrected chi connectivity index (χ0v) is 14.5. The lowest BCUT2D eigenvalue weighted by Gasteiger charge is -2.08. The van der Waals surface area contributed by atoms with Crippen LogP contribution >= 0.6 is 0 Å². The summed E-state index contributed by atoms with van der Waals surface area (Å²) in [7, 11) is 0. The predicted molar refractivity (Wildman–Crippen MR) is 96.8 cm³/mol. The Morgan fingerprint density at radius 2 is 1.62 bits per heavy atom. The fraction of sp³-hybridized carbons (Fsp3) is 0.150. The highest BCUT2D eigenvalue weighted by Crippen LogP contribution is 2.21. The van der Waals surface area contributed by atoms with Crippen molar-refractivity contribution >= 4 is 11.6 Å². The molecular weight excluding hydrogens is 333 g/mol. The van der Waals surface area contributed by atoms with Gasteiger partial charge in [-0.1, -0.05) is 12.1 Å². The molecule has 132 valence electrons. The summed E-state index contributed by atoms with van der Waals surface area (Å²) in [6, 6.07) is 15.0. The third-order valence-corrected chi connectivity index (χ3v) is 3.59. The summed E-state index contributed by atoms with van der Waals surface area (Å²) in [5.74, 6) is 0.0759. The number of halogens is 1. The molecule has 0 atom stereocenters. The summed E-state index contributed by atoms with van der Waals surface area (Å²) in [5.41, 5.74) is 3.05. The lowest BCUT2D eigenvalue weighted by molar-refractivity contribution is -0.115. The maximum absolute atomic E-state index is 12.9. The Labute approximate surface area is 150 Å². The Morgan fingerprint density at radius 1 is 1.00 bits per heavy atom. The van der Waals surface area contributed by atoms with Gasteiger partial charge in [0.15, 0.2) is 0 Å². The van der Waals surface area contributed by atoms with Gasteiger partial charge in [0, 0.05) is 17.1 Å². The van der Waals surface area contributed by atoms with Crippen molar-refractivity contribution in [2.24, 2.45) is 0 Å². The Kier molecular flexibility index (Phi) is 5.22. The van der Waals surface area contributed by atoms with Crippen molar-refractivity contribution in [1.29, 1.82) is 0 Å². The van der Waals surface area contributed by atoms with Gasteiger partial charge in [0.05, 0.1) is 6.42 Å². The van der Waals surface area contributed by atoms with Crippen molar-refractivity contribution < 1.29 is 13.9 Å². The maximum Gasteiger partial charge on any atom is 0.322 e. The Morgan fingerprint density at radius 3 is 2.23 bits per heavy atom. The van der Waals surface area contributed by atoms with E-state index in [-0.39, 0.29) is 24.2 Å². The SMILES string of the molecule is Cc1cc(C)nc(Oc2ccc(NC(=O)Cc3ccc(F)cc3)cc2)n1. The van der Waals surface area contributed by atoms with Crippen molar-refractivity contribution in [2.75, 3.05) is 5.32 Å². The van der Waals surface area contributed by atoms with E-state index in [1.807, 2.05) is 19.9 Å². The van der Waals surface area contributed by atoms with Gasteiger partial charge in [0.1, 0.15) is 11.6 Å². The number of benzene rings is 2. The van der Waals surface area contributed by atoms with Crippen LogP contribution in [0, 0.1) is 19.7 Å². The smallest absolute Gasteiger partial charge is 0.322 e. The first-order valence-corrected chi connectivity index (χ1v) is 8.12. The van der Waals surface area contributed by atoms with Crippen molar-refractivity contribution in [3.63, 3.8) is 0 Å². The first-order valence-electron chi connectivity index (χ1n) is 8.12. The van der Waals surface area contributed by atoms with Crippen LogP contribution in [0.25, 0.3) is 0 Å². The maximum atomic E-state index is 12.9. The monoisotopic (exact) mass is 351 g/mol. The minimum absolute atomic E-state index is 0.176. The van der Waals surface area contributed by atoms with E-state index in [0.29, 0.717) is 11.4 Å². The van der Waals surface area contributed by atoms with Crippen LogP contribution in [-0.2, 0) is 11.2 Å². The third kappa shape index (κ3) is 4.86. The molecule has 1 heterocycles. The molecule has 3 rings (SSSR count). The molecule has 3 aromatic rings. The lowest BCUT2D eigenvalue weighted by Crippen LogP contribution is -2.14. The van der Waals surface area contributed by atoms with E-state index in [1.54, 1.807) is 36.4 Å². The van der Waals surface area contributed by atoms with E-state index in [1.165, 1.54) is 12.1 Å². The van der Waals surface area contributed by atoms with E-state index in [9.17, 15) is 9.18 Å². The Bertz CT molecular complexity index is 889. The average molecular weight is 351 g/mol. The number of aromatic nitrogens is 2. The number of rotatable bonds is 5.